The number of aromatic amines is 1. The Morgan fingerprint density at radius 3 is 2.94 bits per heavy atom. The van der Waals surface area contributed by atoms with Gasteiger partial charge in [0.25, 0.3) is 0 Å². The molecule has 1 unspecified atom stereocenters. The second-order valence-electron chi connectivity index (χ2n) is 4.83. The third-order valence-electron chi connectivity index (χ3n) is 3.11. The van der Waals surface area contributed by atoms with Crippen LogP contribution in [0.25, 0.3) is 0 Å². The molecule has 0 saturated carbocycles. The van der Waals surface area contributed by atoms with Crippen LogP contribution in [-0.4, -0.2) is 16.1 Å². The monoisotopic (exact) mass is 233 g/mol. The molecule has 0 aromatic carbocycles. The molecule has 0 fully saturated rings. The number of carbonyl (C=O) groups is 1. The molecule has 1 aromatic heterocycles. The van der Waals surface area contributed by atoms with Gasteiger partial charge in [-0.25, -0.2) is 0 Å². The van der Waals surface area contributed by atoms with Crippen LogP contribution in [0.4, 0.5) is 5.82 Å². The highest BCUT2D eigenvalue weighted by Gasteiger charge is 2.19. The SMILES string of the molecule is CC(C)c1cc(NC(=O)C2CC=CCC2)n[nH]1. The molecule has 92 valence electrons. The summed E-state index contributed by atoms with van der Waals surface area (Å²) in [7, 11) is 0. The van der Waals surface area contributed by atoms with Crippen molar-refractivity contribution < 1.29 is 4.79 Å². The predicted octanol–water partition coefficient (Wildman–Crippen LogP) is 2.83. The molecule has 0 aliphatic heterocycles. The van der Waals surface area contributed by atoms with Crippen LogP contribution >= 0.6 is 0 Å². The van der Waals surface area contributed by atoms with E-state index in [0.29, 0.717) is 11.7 Å². The lowest BCUT2D eigenvalue weighted by atomic mass is 9.94. The van der Waals surface area contributed by atoms with Crippen molar-refractivity contribution in [2.24, 2.45) is 5.92 Å². The number of nitrogens with one attached hydrogen (secondary N) is 2. The highest BCUT2D eigenvalue weighted by atomic mass is 16.1. The summed E-state index contributed by atoms with van der Waals surface area (Å²) in [6.45, 7) is 4.18. The highest BCUT2D eigenvalue weighted by molar-refractivity contribution is 5.91. The number of carbonyl (C=O) groups excluding carboxylic acids is 1. The zero-order valence-electron chi connectivity index (χ0n) is 10.4. The molecule has 0 bridgehead atoms. The average Bonchev–Trinajstić information content (AvgIpc) is 2.79. The Hall–Kier alpha value is -1.58. The Bertz CT molecular complexity index is 420. The van der Waals surface area contributed by atoms with E-state index in [-0.39, 0.29) is 11.8 Å². The number of hydrogen-bond donors (Lipinski definition) is 2. The van der Waals surface area contributed by atoms with Crippen LogP contribution in [0, 0.1) is 5.92 Å². The number of aromatic nitrogens is 2. The first-order chi connectivity index (χ1) is 8.16. The third kappa shape index (κ3) is 2.96. The van der Waals surface area contributed by atoms with Gasteiger partial charge < -0.3 is 5.32 Å². The standard InChI is InChI=1S/C13H19N3O/c1-9(2)11-8-12(16-15-11)14-13(17)10-6-4-3-5-7-10/h3-4,8-10H,5-7H2,1-2H3,(H2,14,15,16,17). The Morgan fingerprint density at radius 2 is 2.35 bits per heavy atom. The molecule has 0 radical (unpaired) electrons. The summed E-state index contributed by atoms with van der Waals surface area (Å²) < 4.78 is 0. The van der Waals surface area contributed by atoms with Gasteiger partial charge in [-0.1, -0.05) is 26.0 Å². The lowest BCUT2D eigenvalue weighted by Crippen LogP contribution is -2.23. The van der Waals surface area contributed by atoms with Crippen LogP contribution in [0.1, 0.15) is 44.7 Å². The molecule has 1 aromatic rings. The Kier molecular flexibility index (Phi) is 3.61. The first-order valence-electron chi connectivity index (χ1n) is 6.18. The normalized spacial score (nSPS) is 19.6. The fourth-order valence-electron chi connectivity index (χ4n) is 1.96. The molecule has 0 spiro atoms. The fourth-order valence-corrected chi connectivity index (χ4v) is 1.96. The van der Waals surface area contributed by atoms with E-state index in [9.17, 15) is 4.79 Å². The number of nitrogens with zero attached hydrogens (tertiary/aromatic N) is 1. The summed E-state index contributed by atoms with van der Waals surface area (Å²) in [5.41, 5.74) is 1.05. The van der Waals surface area contributed by atoms with E-state index >= 15 is 0 Å². The maximum Gasteiger partial charge on any atom is 0.229 e. The molecular weight excluding hydrogens is 214 g/mol. The fraction of sp³-hybridized carbons (Fsp3) is 0.538. The van der Waals surface area contributed by atoms with Crippen molar-refractivity contribution in [3.63, 3.8) is 0 Å². The summed E-state index contributed by atoms with van der Waals surface area (Å²) in [5.74, 6) is 1.20. The molecule has 4 nitrogen and oxygen atoms in total. The molecule has 4 heteroatoms. The number of hydrogen-bond acceptors (Lipinski definition) is 2. The van der Waals surface area contributed by atoms with Crippen molar-refractivity contribution in [2.75, 3.05) is 5.32 Å². The molecule has 17 heavy (non-hydrogen) atoms. The van der Waals surface area contributed by atoms with Crippen LogP contribution in [0.3, 0.4) is 0 Å². The van der Waals surface area contributed by atoms with Crippen molar-refractivity contribution in [3.8, 4) is 0 Å². The van der Waals surface area contributed by atoms with E-state index in [1.54, 1.807) is 0 Å². The summed E-state index contributed by atoms with van der Waals surface area (Å²) in [4.78, 5) is 11.9. The second-order valence-corrected chi connectivity index (χ2v) is 4.83. The van der Waals surface area contributed by atoms with Gasteiger partial charge in [-0.3, -0.25) is 9.89 Å². The van der Waals surface area contributed by atoms with Crippen molar-refractivity contribution in [2.45, 2.75) is 39.0 Å². The van der Waals surface area contributed by atoms with E-state index in [0.717, 1.165) is 25.0 Å². The molecular formula is C13H19N3O. The van der Waals surface area contributed by atoms with Gasteiger partial charge >= 0.3 is 0 Å². The van der Waals surface area contributed by atoms with Crippen LogP contribution in [0.15, 0.2) is 18.2 Å². The second kappa shape index (κ2) is 5.17. The third-order valence-corrected chi connectivity index (χ3v) is 3.11. The molecule has 1 aliphatic carbocycles. The van der Waals surface area contributed by atoms with E-state index in [2.05, 4.69) is 41.5 Å². The number of H-pyrrole nitrogens is 1. The van der Waals surface area contributed by atoms with Crippen LogP contribution in [0.2, 0.25) is 0 Å². The van der Waals surface area contributed by atoms with Gasteiger partial charge in [-0.2, -0.15) is 5.10 Å². The Labute approximate surface area is 101 Å². The van der Waals surface area contributed by atoms with Gasteiger partial charge in [0.05, 0.1) is 0 Å². The van der Waals surface area contributed by atoms with Crippen molar-refractivity contribution in [3.05, 3.63) is 23.9 Å². The number of amides is 1. The van der Waals surface area contributed by atoms with Gasteiger partial charge in [0.15, 0.2) is 5.82 Å². The molecule has 1 heterocycles. The lowest BCUT2D eigenvalue weighted by molar-refractivity contribution is -0.120. The summed E-state index contributed by atoms with van der Waals surface area (Å²) in [5, 5.41) is 9.90. The maximum absolute atomic E-state index is 11.9. The minimum absolute atomic E-state index is 0.0798. The molecule has 1 amide bonds. The summed E-state index contributed by atoms with van der Waals surface area (Å²) >= 11 is 0. The maximum atomic E-state index is 11.9. The minimum atomic E-state index is 0.0798. The van der Waals surface area contributed by atoms with E-state index in [4.69, 9.17) is 0 Å². The number of anilines is 1. The van der Waals surface area contributed by atoms with Gasteiger partial charge in [0, 0.05) is 17.7 Å². The smallest absolute Gasteiger partial charge is 0.229 e. The quantitative estimate of drug-likeness (QED) is 0.789. The molecule has 0 saturated heterocycles. The molecule has 1 atom stereocenters. The summed E-state index contributed by atoms with van der Waals surface area (Å²) in [6.07, 6.45) is 6.99. The molecule has 2 N–H and O–H groups in total. The van der Waals surface area contributed by atoms with E-state index in [1.165, 1.54) is 0 Å². The lowest BCUT2D eigenvalue weighted by Gasteiger charge is -2.16. The zero-order valence-corrected chi connectivity index (χ0v) is 10.4. The first kappa shape index (κ1) is 11.9. The van der Waals surface area contributed by atoms with Gasteiger partial charge in [0.2, 0.25) is 5.91 Å². The van der Waals surface area contributed by atoms with E-state index < -0.39 is 0 Å². The van der Waals surface area contributed by atoms with Gasteiger partial charge in [0.1, 0.15) is 0 Å². The Balaban J connectivity index is 1.95. The average molecular weight is 233 g/mol. The zero-order chi connectivity index (χ0) is 12.3. The summed E-state index contributed by atoms with van der Waals surface area (Å²) in [6, 6.07) is 1.90. The van der Waals surface area contributed by atoms with Crippen molar-refractivity contribution in [1.82, 2.24) is 10.2 Å². The highest BCUT2D eigenvalue weighted by Crippen LogP contribution is 2.20. The minimum Gasteiger partial charge on any atom is -0.309 e. The number of allylic oxidation sites excluding steroid dienone is 2. The predicted molar refractivity (Wildman–Crippen MR) is 67.8 cm³/mol. The van der Waals surface area contributed by atoms with Gasteiger partial charge in [-0.05, 0) is 25.2 Å². The molecule has 2 rings (SSSR count). The Morgan fingerprint density at radius 1 is 1.53 bits per heavy atom. The van der Waals surface area contributed by atoms with Crippen molar-refractivity contribution in [1.29, 1.82) is 0 Å². The van der Waals surface area contributed by atoms with Crippen molar-refractivity contribution >= 4 is 11.7 Å². The van der Waals surface area contributed by atoms with Crippen LogP contribution in [-0.2, 0) is 4.79 Å². The topological polar surface area (TPSA) is 57.8 Å². The first-order valence-corrected chi connectivity index (χ1v) is 6.18. The van der Waals surface area contributed by atoms with Gasteiger partial charge in [-0.15, -0.1) is 0 Å². The largest absolute Gasteiger partial charge is 0.309 e. The van der Waals surface area contributed by atoms with Crippen LogP contribution in [0.5, 0.6) is 0 Å². The van der Waals surface area contributed by atoms with Crippen LogP contribution < -0.4 is 5.32 Å². The molecule has 1 aliphatic rings. The van der Waals surface area contributed by atoms with E-state index in [1.807, 2.05) is 6.07 Å². The number of rotatable bonds is 3.